The largest absolute Gasteiger partial charge is 0.348 e. The maximum Gasteiger partial charge on any atom is 0.270 e. The molecule has 0 saturated heterocycles. The zero-order valence-electron chi connectivity index (χ0n) is 11.9. The number of para-hydroxylation sites is 1. The average Bonchev–Trinajstić information content (AvgIpc) is 3.06. The fraction of sp³-hybridized carbons (Fsp3) is 0.176. The summed E-state index contributed by atoms with van der Waals surface area (Å²) in [5.41, 5.74) is 2.31. The zero-order valence-corrected chi connectivity index (χ0v) is 12.7. The number of aromatic nitrogens is 2. The number of nitrogens with zero attached hydrogens (tertiary/aromatic N) is 2. The first-order chi connectivity index (χ1) is 10.8. The molecule has 2 heterocycles. The molecule has 1 aliphatic carbocycles. The van der Waals surface area contributed by atoms with Gasteiger partial charge in [0.1, 0.15) is 11.4 Å². The molecule has 110 valence electrons. The van der Waals surface area contributed by atoms with Crippen LogP contribution < -0.4 is 5.32 Å². The fourth-order valence-corrected chi connectivity index (χ4v) is 3.02. The summed E-state index contributed by atoms with van der Waals surface area (Å²) in [6.45, 7) is 0. The molecule has 1 saturated carbocycles. The number of carbonyl (C=O) groups excluding carboxylic acids is 1. The van der Waals surface area contributed by atoms with Gasteiger partial charge in [-0.2, -0.15) is 5.10 Å². The summed E-state index contributed by atoms with van der Waals surface area (Å²) in [5.74, 6) is -0.0540. The van der Waals surface area contributed by atoms with Gasteiger partial charge in [0.2, 0.25) is 0 Å². The molecule has 4 rings (SSSR count). The van der Waals surface area contributed by atoms with Crippen molar-refractivity contribution < 1.29 is 4.79 Å². The summed E-state index contributed by atoms with van der Waals surface area (Å²) in [4.78, 5) is 13.6. The molecule has 1 amide bonds. The van der Waals surface area contributed by atoms with Crippen molar-refractivity contribution in [3.05, 3.63) is 59.6 Å². The van der Waals surface area contributed by atoms with Crippen molar-refractivity contribution in [2.45, 2.75) is 18.9 Å². The van der Waals surface area contributed by atoms with E-state index in [4.69, 9.17) is 0 Å². The maximum absolute atomic E-state index is 12.5. The Labute approximate surface area is 132 Å². The fourth-order valence-electron chi connectivity index (χ4n) is 2.34. The number of amides is 1. The Morgan fingerprint density at radius 2 is 2.00 bits per heavy atom. The Hall–Kier alpha value is -2.40. The van der Waals surface area contributed by atoms with Crippen LogP contribution >= 0.6 is 11.3 Å². The SMILES string of the molecule is O=C(NC1CC1)c1cc(-c2cccs2)nn1-c1ccccc1. The molecule has 22 heavy (non-hydrogen) atoms. The van der Waals surface area contributed by atoms with Gasteiger partial charge in [0.25, 0.3) is 5.91 Å². The van der Waals surface area contributed by atoms with Crippen molar-refractivity contribution in [2.24, 2.45) is 0 Å². The van der Waals surface area contributed by atoms with E-state index in [9.17, 15) is 4.79 Å². The van der Waals surface area contributed by atoms with E-state index in [0.717, 1.165) is 29.1 Å². The van der Waals surface area contributed by atoms with E-state index >= 15 is 0 Å². The van der Waals surface area contributed by atoms with Crippen LogP contribution in [0.5, 0.6) is 0 Å². The lowest BCUT2D eigenvalue weighted by Gasteiger charge is -2.07. The van der Waals surface area contributed by atoms with Crippen LogP contribution in [-0.4, -0.2) is 21.7 Å². The highest BCUT2D eigenvalue weighted by molar-refractivity contribution is 7.13. The molecular weight excluding hydrogens is 294 g/mol. The molecule has 1 aliphatic rings. The minimum Gasteiger partial charge on any atom is -0.348 e. The van der Waals surface area contributed by atoms with Crippen LogP contribution in [0.4, 0.5) is 0 Å². The predicted octanol–water partition coefficient (Wildman–Crippen LogP) is 3.49. The number of nitrogens with one attached hydrogen (secondary N) is 1. The Morgan fingerprint density at radius 3 is 2.68 bits per heavy atom. The second-order valence-electron chi connectivity index (χ2n) is 5.39. The van der Waals surface area contributed by atoms with Crippen LogP contribution in [0.25, 0.3) is 16.3 Å². The number of carbonyl (C=O) groups is 1. The number of hydrogen-bond donors (Lipinski definition) is 1. The summed E-state index contributed by atoms with van der Waals surface area (Å²) in [6.07, 6.45) is 2.14. The lowest BCUT2D eigenvalue weighted by molar-refractivity contribution is 0.0943. The molecule has 0 radical (unpaired) electrons. The lowest BCUT2D eigenvalue weighted by atomic mass is 10.3. The van der Waals surface area contributed by atoms with Crippen molar-refractivity contribution in [3.8, 4) is 16.3 Å². The first-order valence-corrected chi connectivity index (χ1v) is 8.19. The summed E-state index contributed by atoms with van der Waals surface area (Å²) in [5, 5.41) is 9.70. The third-order valence-corrected chi connectivity index (χ3v) is 4.52. The van der Waals surface area contributed by atoms with Gasteiger partial charge < -0.3 is 5.32 Å². The van der Waals surface area contributed by atoms with E-state index in [0.29, 0.717) is 11.7 Å². The van der Waals surface area contributed by atoms with E-state index in [1.54, 1.807) is 16.0 Å². The highest BCUT2D eigenvalue weighted by Gasteiger charge is 2.26. The van der Waals surface area contributed by atoms with Gasteiger partial charge in [-0.15, -0.1) is 11.3 Å². The van der Waals surface area contributed by atoms with Crippen molar-refractivity contribution in [1.29, 1.82) is 0 Å². The highest BCUT2D eigenvalue weighted by Crippen LogP contribution is 2.26. The normalized spacial score (nSPS) is 14.0. The molecule has 4 nitrogen and oxygen atoms in total. The van der Waals surface area contributed by atoms with Crippen LogP contribution in [0.3, 0.4) is 0 Å². The van der Waals surface area contributed by atoms with Crippen LogP contribution in [0.2, 0.25) is 0 Å². The van der Waals surface area contributed by atoms with Crippen LogP contribution in [0.1, 0.15) is 23.3 Å². The predicted molar refractivity (Wildman–Crippen MR) is 87.4 cm³/mol. The van der Waals surface area contributed by atoms with E-state index in [1.165, 1.54) is 0 Å². The molecular formula is C17H15N3OS. The average molecular weight is 309 g/mol. The highest BCUT2D eigenvalue weighted by atomic mass is 32.1. The van der Waals surface area contributed by atoms with Crippen molar-refractivity contribution in [3.63, 3.8) is 0 Å². The van der Waals surface area contributed by atoms with Gasteiger partial charge in [-0.3, -0.25) is 4.79 Å². The Kier molecular flexibility index (Phi) is 3.27. The van der Waals surface area contributed by atoms with Crippen molar-refractivity contribution in [1.82, 2.24) is 15.1 Å². The third-order valence-electron chi connectivity index (χ3n) is 3.63. The Morgan fingerprint density at radius 1 is 1.18 bits per heavy atom. The molecule has 0 aliphatic heterocycles. The van der Waals surface area contributed by atoms with Crippen molar-refractivity contribution >= 4 is 17.2 Å². The Balaban J connectivity index is 1.78. The molecule has 5 heteroatoms. The van der Waals surface area contributed by atoms with Gasteiger partial charge in [0, 0.05) is 6.04 Å². The molecule has 0 bridgehead atoms. The van der Waals surface area contributed by atoms with Gasteiger partial charge in [0.15, 0.2) is 0 Å². The molecule has 1 fully saturated rings. The van der Waals surface area contributed by atoms with E-state index in [-0.39, 0.29) is 5.91 Å². The van der Waals surface area contributed by atoms with E-state index < -0.39 is 0 Å². The standard InChI is InChI=1S/C17H15N3OS/c21-17(18-12-8-9-12)15-11-14(16-7-4-10-22-16)19-20(15)13-5-2-1-3-6-13/h1-7,10-12H,8-9H2,(H,18,21). The number of thiophene rings is 1. The summed E-state index contributed by atoms with van der Waals surface area (Å²) < 4.78 is 1.73. The number of hydrogen-bond acceptors (Lipinski definition) is 3. The molecule has 0 unspecified atom stereocenters. The second-order valence-corrected chi connectivity index (χ2v) is 6.33. The number of rotatable bonds is 4. The Bertz CT molecular complexity index is 789. The lowest BCUT2D eigenvalue weighted by Crippen LogP contribution is -2.27. The smallest absolute Gasteiger partial charge is 0.270 e. The summed E-state index contributed by atoms with van der Waals surface area (Å²) in [7, 11) is 0. The first kappa shape index (κ1) is 13.3. The van der Waals surface area contributed by atoms with Crippen LogP contribution in [0, 0.1) is 0 Å². The topological polar surface area (TPSA) is 46.9 Å². The maximum atomic E-state index is 12.5. The molecule has 3 aromatic rings. The van der Waals surface area contributed by atoms with Gasteiger partial charge in [0.05, 0.1) is 10.6 Å². The van der Waals surface area contributed by atoms with Crippen LogP contribution in [-0.2, 0) is 0 Å². The van der Waals surface area contributed by atoms with Gasteiger partial charge >= 0.3 is 0 Å². The minimum atomic E-state index is -0.0540. The molecule has 0 spiro atoms. The zero-order chi connectivity index (χ0) is 14.9. The van der Waals surface area contributed by atoms with Crippen molar-refractivity contribution in [2.75, 3.05) is 0 Å². The molecule has 0 atom stereocenters. The molecule has 2 aromatic heterocycles. The van der Waals surface area contributed by atoms with E-state index in [2.05, 4.69) is 10.4 Å². The number of benzene rings is 1. The van der Waals surface area contributed by atoms with Gasteiger partial charge in [-0.1, -0.05) is 24.3 Å². The summed E-state index contributed by atoms with van der Waals surface area (Å²) in [6, 6.07) is 16.0. The van der Waals surface area contributed by atoms with Gasteiger partial charge in [-0.05, 0) is 42.5 Å². The molecule has 1 N–H and O–H groups in total. The first-order valence-electron chi connectivity index (χ1n) is 7.31. The van der Waals surface area contributed by atoms with E-state index in [1.807, 2.05) is 53.9 Å². The third kappa shape index (κ3) is 2.55. The monoisotopic (exact) mass is 309 g/mol. The minimum absolute atomic E-state index is 0.0540. The summed E-state index contributed by atoms with van der Waals surface area (Å²) >= 11 is 1.62. The van der Waals surface area contributed by atoms with Crippen LogP contribution in [0.15, 0.2) is 53.9 Å². The molecule has 1 aromatic carbocycles. The van der Waals surface area contributed by atoms with Gasteiger partial charge in [-0.25, -0.2) is 4.68 Å². The second kappa shape index (κ2) is 5.42. The quantitative estimate of drug-likeness (QED) is 0.802.